The van der Waals surface area contributed by atoms with E-state index < -0.39 is 12.1 Å². The van der Waals surface area contributed by atoms with Crippen molar-refractivity contribution in [1.82, 2.24) is 5.32 Å². The van der Waals surface area contributed by atoms with E-state index in [1.54, 1.807) is 6.08 Å². The average Bonchev–Trinajstić information content (AvgIpc) is 3.24. The number of carbonyl (C=O) groups is 2. The van der Waals surface area contributed by atoms with Gasteiger partial charge in [0.1, 0.15) is 0 Å². The molecule has 0 spiro atoms. The lowest BCUT2D eigenvalue weighted by atomic mass is 10.0. The summed E-state index contributed by atoms with van der Waals surface area (Å²) in [6.45, 7) is 4.79. The molecule has 0 heterocycles. The lowest BCUT2D eigenvalue weighted by Gasteiger charge is -2.20. The zero-order valence-electron chi connectivity index (χ0n) is 39.2. The minimum Gasteiger partial charge on any atom is -0.466 e. The molecule has 0 aliphatic rings. The lowest BCUT2D eigenvalue weighted by Crippen LogP contribution is -2.45. The number of hydrogen-bond donors (Lipinski definition) is 3. The maximum atomic E-state index is 12.4. The Morgan fingerprint density at radius 1 is 0.458 bits per heavy atom. The number of allylic oxidation sites excluding steroid dienone is 5. The highest BCUT2D eigenvalue weighted by molar-refractivity contribution is 5.76. The van der Waals surface area contributed by atoms with E-state index in [0.717, 1.165) is 77.0 Å². The summed E-state index contributed by atoms with van der Waals surface area (Å²) in [6.07, 6.45) is 58.6. The van der Waals surface area contributed by atoms with Gasteiger partial charge in [0.15, 0.2) is 0 Å². The molecule has 0 fully saturated rings. The van der Waals surface area contributed by atoms with Crippen LogP contribution in [0, 0.1) is 0 Å². The topological polar surface area (TPSA) is 95.9 Å². The highest BCUT2D eigenvalue weighted by Gasteiger charge is 2.18. The van der Waals surface area contributed by atoms with Crippen molar-refractivity contribution in [3.63, 3.8) is 0 Å². The van der Waals surface area contributed by atoms with Crippen molar-refractivity contribution in [3.8, 4) is 0 Å². The molecule has 0 aromatic heterocycles. The summed E-state index contributed by atoms with van der Waals surface area (Å²) >= 11 is 0. The van der Waals surface area contributed by atoms with Gasteiger partial charge in [-0.3, -0.25) is 9.59 Å². The SMILES string of the molecule is CCCCCC/C=C\CCCCCCCC(=O)OCCCC/C=C\CCCCCCC(=O)NC(CO)C(O)/C=C/CCCCCCCCCCCCCCCCCCC. The number of aliphatic hydroxyl groups is 2. The number of esters is 1. The summed E-state index contributed by atoms with van der Waals surface area (Å²) < 4.78 is 5.42. The van der Waals surface area contributed by atoms with Crippen molar-refractivity contribution in [3.05, 3.63) is 36.5 Å². The van der Waals surface area contributed by atoms with Gasteiger partial charge >= 0.3 is 5.97 Å². The Morgan fingerprint density at radius 2 is 0.797 bits per heavy atom. The third-order valence-electron chi connectivity index (χ3n) is 11.6. The number of nitrogens with one attached hydrogen (secondary N) is 1. The quantitative estimate of drug-likeness (QED) is 0.0323. The van der Waals surface area contributed by atoms with E-state index in [1.807, 2.05) is 6.08 Å². The van der Waals surface area contributed by atoms with E-state index in [9.17, 15) is 19.8 Å². The second kappa shape index (κ2) is 48.7. The van der Waals surface area contributed by atoms with Gasteiger partial charge in [-0.2, -0.15) is 0 Å². The van der Waals surface area contributed by atoms with Gasteiger partial charge in [0, 0.05) is 12.8 Å². The normalized spacial score (nSPS) is 12.9. The molecular weight excluding hydrogens is 731 g/mol. The molecule has 0 rings (SSSR count). The van der Waals surface area contributed by atoms with Gasteiger partial charge in [0.05, 0.1) is 25.4 Å². The molecule has 59 heavy (non-hydrogen) atoms. The van der Waals surface area contributed by atoms with E-state index in [2.05, 4.69) is 43.5 Å². The molecule has 0 aliphatic heterocycles. The third-order valence-corrected chi connectivity index (χ3v) is 11.6. The number of amides is 1. The predicted octanol–water partition coefficient (Wildman–Crippen LogP) is 15.3. The molecule has 6 nitrogen and oxygen atoms in total. The fourth-order valence-electron chi connectivity index (χ4n) is 7.62. The molecule has 0 radical (unpaired) electrons. The van der Waals surface area contributed by atoms with Crippen LogP contribution in [0.1, 0.15) is 264 Å². The Balaban J connectivity index is 3.58. The zero-order valence-corrected chi connectivity index (χ0v) is 39.2. The molecule has 3 N–H and O–H groups in total. The van der Waals surface area contributed by atoms with Crippen LogP contribution in [0.15, 0.2) is 36.5 Å². The molecular formula is C53H99NO5. The number of hydrogen-bond acceptors (Lipinski definition) is 5. The van der Waals surface area contributed by atoms with Crippen LogP contribution in [-0.4, -0.2) is 47.4 Å². The van der Waals surface area contributed by atoms with Gasteiger partial charge in [-0.25, -0.2) is 0 Å². The molecule has 6 heteroatoms. The smallest absolute Gasteiger partial charge is 0.305 e. The summed E-state index contributed by atoms with van der Waals surface area (Å²) in [4.78, 5) is 24.4. The molecule has 0 bridgehead atoms. The van der Waals surface area contributed by atoms with E-state index >= 15 is 0 Å². The Labute approximate surface area is 366 Å². The second-order valence-corrected chi connectivity index (χ2v) is 17.5. The van der Waals surface area contributed by atoms with E-state index in [4.69, 9.17) is 4.74 Å². The maximum Gasteiger partial charge on any atom is 0.305 e. The first-order chi connectivity index (χ1) is 29.0. The first kappa shape index (κ1) is 57.1. The van der Waals surface area contributed by atoms with Crippen LogP contribution in [-0.2, 0) is 14.3 Å². The minimum atomic E-state index is -0.867. The van der Waals surface area contributed by atoms with Gasteiger partial charge in [0.2, 0.25) is 5.91 Å². The number of aliphatic hydroxyl groups excluding tert-OH is 2. The molecule has 2 atom stereocenters. The molecule has 0 aromatic rings. The van der Waals surface area contributed by atoms with Gasteiger partial charge in [-0.15, -0.1) is 0 Å². The predicted molar refractivity (Wildman–Crippen MR) is 255 cm³/mol. The number of unbranched alkanes of at least 4 members (excludes halogenated alkanes) is 32. The fraction of sp³-hybridized carbons (Fsp3) is 0.849. The Morgan fingerprint density at radius 3 is 1.22 bits per heavy atom. The largest absolute Gasteiger partial charge is 0.466 e. The molecule has 1 amide bonds. The lowest BCUT2D eigenvalue weighted by molar-refractivity contribution is -0.143. The highest BCUT2D eigenvalue weighted by Crippen LogP contribution is 2.15. The Hall–Kier alpha value is -1.92. The van der Waals surface area contributed by atoms with Crippen molar-refractivity contribution in [1.29, 1.82) is 0 Å². The third kappa shape index (κ3) is 45.4. The molecule has 346 valence electrons. The molecule has 0 aromatic carbocycles. The standard InChI is InChI=1S/C53H99NO5/c1-3-5-7-9-11-13-15-17-18-19-20-21-22-24-25-29-33-37-41-45-51(56)50(49-55)54-52(57)46-42-38-34-30-27-28-32-36-40-44-48-59-53(58)47-43-39-35-31-26-23-16-14-12-10-8-6-4-2/h14,16,28,32,41,45,50-51,55-56H,3-13,15,17-27,29-31,33-40,42-44,46-49H2,1-2H3,(H,54,57)/b16-14-,32-28-,45-41+. The molecule has 2 unspecified atom stereocenters. The van der Waals surface area contributed by atoms with Crippen LogP contribution in [0.4, 0.5) is 0 Å². The molecule has 0 aliphatic carbocycles. The van der Waals surface area contributed by atoms with Gasteiger partial charge in [-0.1, -0.05) is 204 Å². The number of ether oxygens (including phenoxy) is 1. The van der Waals surface area contributed by atoms with Crippen LogP contribution < -0.4 is 5.32 Å². The highest BCUT2D eigenvalue weighted by atomic mass is 16.5. The molecule has 0 saturated carbocycles. The van der Waals surface area contributed by atoms with Gasteiger partial charge in [-0.05, 0) is 83.5 Å². The summed E-state index contributed by atoms with van der Waals surface area (Å²) in [5, 5.41) is 23.1. The first-order valence-corrected chi connectivity index (χ1v) is 25.8. The van der Waals surface area contributed by atoms with Crippen molar-refractivity contribution in [2.75, 3.05) is 13.2 Å². The first-order valence-electron chi connectivity index (χ1n) is 25.8. The van der Waals surface area contributed by atoms with Crippen molar-refractivity contribution in [2.45, 2.75) is 276 Å². The van der Waals surface area contributed by atoms with E-state index in [-0.39, 0.29) is 18.5 Å². The second-order valence-electron chi connectivity index (χ2n) is 17.5. The Kier molecular flexibility index (Phi) is 47.2. The minimum absolute atomic E-state index is 0.0480. The summed E-state index contributed by atoms with van der Waals surface area (Å²) in [6, 6.07) is -0.654. The van der Waals surface area contributed by atoms with Gasteiger partial charge < -0.3 is 20.3 Å². The summed E-state index contributed by atoms with van der Waals surface area (Å²) in [7, 11) is 0. The van der Waals surface area contributed by atoms with Gasteiger partial charge in [0.25, 0.3) is 0 Å². The molecule has 0 saturated heterocycles. The van der Waals surface area contributed by atoms with Crippen molar-refractivity contribution >= 4 is 11.9 Å². The Bertz CT molecular complexity index is 962. The average molecular weight is 830 g/mol. The fourth-order valence-corrected chi connectivity index (χ4v) is 7.62. The van der Waals surface area contributed by atoms with E-state index in [0.29, 0.717) is 19.4 Å². The van der Waals surface area contributed by atoms with Crippen molar-refractivity contribution < 1.29 is 24.5 Å². The van der Waals surface area contributed by atoms with Crippen LogP contribution in [0.3, 0.4) is 0 Å². The van der Waals surface area contributed by atoms with Crippen LogP contribution >= 0.6 is 0 Å². The summed E-state index contributed by atoms with van der Waals surface area (Å²) in [5.41, 5.74) is 0. The van der Waals surface area contributed by atoms with E-state index in [1.165, 1.54) is 161 Å². The number of carbonyl (C=O) groups excluding carboxylic acids is 2. The maximum absolute atomic E-state index is 12.4. The zero-order chi connectivity index (χ0) is 43.0. The van der Waals surface area contributed by atoms with Crippen molar-refractivity contribution in [2.24, 2.45) is 0 Å². The van der Waals surface area contributed by atoms with Crippen LogP contribution in [0.25, 0.3) is 0 Å². The summed E-state index contributed by atoms with van der Waals surface area (Å²) in [5.74, 6) is -0.152. The van der Waals surface area contributed by atoms with Crippen LogP contribution in [0.2, 0.25) is 0 Å². The number of rotatable bonds is 47. The monoisotopic (exact) mass is 830 g/mol. The van der Waals surface area contributed by atoms with Crippen LogP contribution in [0.5, 0.6) is 0 Å².